The van der Waals surface area contributed by atoms with Crippen molar-refractivity contribution in [1.82, 2.24) is 9.47 Å². The minimum atomic E-state index is -0.0590. The molecule has 3 aromatic carbocycles. The van der Waals surface area contributed by atoms with Gasteiger partial charge in [-0.25, -0.2) is 0 Å². The topological polar surface area (TPSA) is 52.9 Å². The van der Waals surface area contributed by atoms with Gasteiger partial charge in [-0.15, -0.1) is 0 Å². The van der Waals surface area contributed by atoms with Gasteiger partial charge >= 0.3 is 0 Å². The maximum absolute atomic E-state index is 13.6. The molecule has 1 aromatic heterocycles. The van der Waals surface area contributed by atoms with Crippen molar-refractivity contribution in [2.24, 2.45) is 0 Å². The van der Waals surface area contributed by atoms with Gasteiger partial charge in [-0.2, -0.15) is 0 Å². The van der Waals surface area contributed by atoms with Crippen LogP contribution in [0.3, 0.4) is 0 Å². The van der Waals surface area contributed by atoms with E-state index < -0.39 is 0 Å². The Bertz CT molecular complexity index is 1280. The number of fused-ring (bicyclic) bond motifs is 1. The van der Waals surface area contributed by atoms with Crippen LogP contribution < -0.4 is 14.2 Å². The van der Waals surface area contributed by atoms with Crippen molar-refractivity contribution in [3.8, 4) is 17.2 Å². The average Bonchev–Trinajstić information content (AvgIpc) is 3.53. The summed E-state index contributed by atoms with van der Waals surface area (Å²) in [6, 6.07) is 27.5. The van der Waals surface area contributed by atoms with Crippen LogP contribution in [-0.4, -0.2) is 29.3 Å². The molecule has 0 saturated carbocycles. The van der Waals surface area contributed by atoms with E-state index in [2.05, 4.69) is 16.7 Å². The van der Waals surface area contributed by atoms with Crippen molar-refractivity contribution in [2.75, 3.05) is 13.9 Å². The average molecular weight is 455 g/mol. The highest BCUT2D eigenvalue weighted by Crippen LogP contribution is 2.33. The van der Waals surface area contributed by atoms with E-state index in [-0.39, 0.29) is 12.7 Å². The molecule has 5 rings (SSSR count). The Hall–Kier alpha value is -4.19. The highest BCUT2D eigenvalue weighted by molar-refractivity contribution is 5.95. The Morgan fingerprint density at radius 1 is 0.882 bits per heavy atom. The van der Waals surface area contributed by atoms with Crippen molar-refractivity contribution in [3.63, 3.8) is 0 Å². The van der Waals surface area contributed by atoms with E-state index in [9.17, 15) is 4.79 Å². The van der Waals surface area contributed by atoms with Gasteiger partial charge in [0.05, 0.1) is 13.7 Å². The summed E-state index contributed by atoms with van der Waals surface area (Å²) in [5.41, 5.74) is 3.83. The fourth-order valence-electron chi connectivity index (χ4n) is 4.13. The number of carbonyl (C=O) groups excluding carboxylic acids is 1. The molecule has 0 radical (unpaired) electrons. The SMILES string of the molecule is COc1cccc(Cn2cccc2CN(Cc2ccccc2)C(=O)c2ccc3c(c2)OCO3)c1. The van der Waals surface area contributed by atoms with Gasteiger partial charge < -0.3 is 23.7 Å². The zero-order valence-corrected chi connectivity index (χ0v) is 19.0. The van der Waals surface area contributed by atoms with Crippen molar-refractivity contribution in [2.45, 2.75) is 19.6 Å². The molecule has 0 aliphatic carbocycles. The summed E-state index contributed by atoms with van der Waals surface area (Å²) in [6.45, 7) is 1.84. The van der Waals surface area contributed by atoms with Crippen molar-refractivity contribution >= 4 is 5.91 Å². The van der Waals surface area contributed by atoms with E-state index in [1.54, 1.807) is 25.3 Å². The van der Waals surface area contributed by atoms with E-state index in [1.165, 1.54) is 0 Å². The van der Waals surface area contributed by atoms with Gasteiger partial charge in [-0.05, 0) is 53.6 Å². The first-order chi connectivity index (χ1) is 16.7. The van der Waals surface area contributed by atoms with Gasteiger partial charge in [-0.1, -0.05) is 42.5 Å². The maximum Gasteiger partial charge on any atom is 0.254 e. The highest BCUT2D eigenvalue weighted by Gasteiger charge is 2.22. The van der Waals surface area contributed by atoms with Crippen molar-refractivity contribution in [3.05, 3.63) is 114 Å². The third-order valence-corrected chi connectivity index (χ3v) is 5.89. The summed E-state index contributed by atoms with van der Waals surface area (Å²) >= 11 is 0. The molecule has 4 aromatic rings. The quantitative estimate of drug-likeness (QED) is 0.371. The van der Waals surface area contributed by atoms with E-state index in [1.807, 2.05) is 65.7 Å². The zero-order valence-electron chi connectivity index (χ0n) is 19.0. The van der Waals surface area contributed by atoms with Gasteiger partial charge in [-0.3, -0.25) is 4.79 Å². The Labute approximate surface area is 198 Å². The number of methoxy groups -OCH3 is 1. The number of nitrogens with zero attached hydrogens (tertiary/aromatic N) is 2. The summed E-state index contributed by atoms with van der Waals surface area (Å²) in [5, 5.41) is 0. The normalized spacial score (nSPS) is 11.9. The molecule has 0 bridgehead atoms. The van der Waals surface area contributed by atoms with Gasteiger partial charge in [0.2, 0.25) is 6.79 Å². The largest absolute Gasteiger partial charge is 0.497 e. The monoisotopic (exact) mass is 454 g/mol. The van der Waals surface area contributed by atoms with Crippen LogP contribution in [-0.2, 0) is 19.6 Å². The lowest BCUT2D eigenvalue weighted by Gasteiger charge is -2.24. The number of amides is 1. The minimum absolute atomic E-state index is 0.0590. The number of hydrogen-bond acceptors (Lipinski definition) is 4. The molecular formula is C28H26N2O4. The third kappa shape index (κ3) is 4.76. The Morgan fingerprint density at radius 3 is 2.56 bits per heavy atom. The van der Waals surface area contributed by atoms with Crippen molar-refractivity contribution < 1.29 is 19.0 Å². The van der Waals surface area contributed by atoms with E-state index in [4.69, 9.17) is 14.2 Å². The lowest BCUT2D eigenvalue weighted by atomic mass is 10.1. The van der Waals surface area contributed by atoms with E-state index >= 15 is 0 Å². The molecule has 0 N–H and O–H groups in total. The van der Waals surface area contributed by atoms with Crippen LogP contribution in [0.1, 0.15) is 27.2 Å². The summed E-state index contributed by atoms with van der Waals surface area (Å²) in [4.78, 5) is 15.5. The second-order valence-corrected chi connectivity index (χ2v) is 8.19. The fourth-order valence-corrected chi connectivity index (χ4v) is 4.13. The first kappa shape index (κ1) is 21.6. The molecule has 34 heavy (non-hydrogen) atoms. The van der Waals surface area contributed by atoms with Crippen LogP contribution in [0.5, 0.6) is 17.2 Å². The second kappa shape index (κ2) is 9.75. The molecule has 2 heterocycles. The maximum atomic E-state index is 13.6. The van der Waals surface area contributed by atoms with Gasteiger partial charge in [0, 0.05) is 30.5 Å². The summed E-state index contributed by atoms with van der Waals surface area (Å²) in [6.07, 6.45) is 2.04. The molecule has 1 aliphatic heterocycles. The molecule has 0 fully saturated rings. The molecule has 0 atom stereocenters. The molecule has 6 nitrogen and oxygen atoms in total. The molecule has 0 saturated heterocycles. The number of rotatable bonds is 8. The third-order valence-electron chi connectivity index (χ3n) is 5.89. The number of carbonyl (C=O) groups is 1. The summed E-state index contributed by atoms with van der Waals surface area (Å²) in [5.74, 6) is 2.04. The Morgan fingerprint density at radius 2 is 1.71 bits per heavy atom. The first-order valence-corrected chi connectivity index (χ1v) is 11.2. The second-order valence-electron chi connectivity index (χ2n) is 8.19. The predicted octanol–water partition coefficient (Wildman–Crippen LogP) is 5.12. The van der Waals surface area contributed by atoms with Crippen molar-refractivity contribution in [1.29, 1.82) is 0 Å². The van der Waals surface area contributed by atoms with Gasteiger partial charge in [0.15, 0.2) is 11.5 Å². The fraction of sp³-hybridized carbons (Fsp3) is 0.179. The molecule has 172 valence electrons. The van der Waals surface area contributed by atoms with Crippen LogP contribution in [0, 0.1) is 0 Å². The summed E-state index contributed by atoms with van der Waals surface area (Å²) in [7, 11) is 1.67. The number of ether oxygens (including phenoxy) is 3. The van der Waals surface area contributed by atoms with Crippen LogP contribution >= 0.6 is 0 Å². The van der Waals surface area contributed by atoms with E-state index in [0.717, 1.165) is 22.6 Å². The lowest BCUT2D eigenvalue weighted by molar-refractivity contribution is 0.0726. The Kier molecular flexibility index (Phi) is 6.21. The number of benzene rings is 3. The first-order valence-electron chi connectivity index (χ1n) is 11.2. The number of aromatic nitrogens is 1. The van der Waals surface area contributed by atoms with Crippen LogP contribution in [0.4, 0.5) is 0 Å². The smallest absolute Gasteiger partial charge is 0.254 e. The van der Waals surface area contributed by atoms with Gasteiger partial charge in [0.1, 0.15) is 5.75 Å². The molecule has 1 aliphatic rings. The van der Waals surface area contributed by atoms with Crippen LogP contribution in [0.2, 0.25) is 0 Å². The van der Waals surface area contributed by atoms with Gasteiger partial charge in [0.25, 0.3) is 5.91 Å². The lowest BCUT2D eigenvalue weighted by Crippen LogP contribution is -2.31. The molecule has 6 heteroatoms. The predicted molar refractivity (Wildman–Crippen MR) is 129 cm³/mol. The van der Waals surface area contributed by atoms with Crippen LogP contribution in [0.15, 0.2) is 91.1 Å². The van der Waals surface area contributed by atoms with E-state index in [0.29, 0.717) is 36.7 Å². The molecular weight excluding hydrogens is 428 g/mol. The summed E-state index contributed by atoms with van der Waals surface area (Å²) < 4.78 is 18.4. The molecule has 1 amide bonds. The standard InChI is InChI=1S/C28H26N2O4/c1-32-25-11-5-9-22(15-25)18-29-14-6-10-24(29)19-30(17-21-7-3-2-4-8-21)28(31)23-12-13-26-27(16-23)34-20-33-26/h2-16H,17-20H2,1H3. The number of hydrogen-bond donors (Lipinski definition) is 0. The zero-order chi connectivity index (χ0) is 23.3. The molecule has 0 spiro atoms. The molecule has 0 unspecified atom stereocenters. The Balaban J connectivity index is 1.41. The highest BCUT2D eigenvalue weighted by atomic mass is 16.7. The minimum Gasteiger partial charge on any atom is -0.497 e. The van der Waals surface area contributed by atoms with Crippen LogP contribution in [0.25, 0.3) is 0 Å².